The molecule has 0 saturated carbocycles. The molecular formula is C8H7BrS. The Morgan fingerprint density at radius 3 is 2.50 bits per heavy atom. The molecule has 1 aromatic carbocycles. The second-order valence-electron chi connectivity index (χ2n) is 1.69. The van der Waals surface area contributed by atoms with E-state index in [2.05, 4.69) is 28.1 Å². The summed E-state index contributed by atoms with van der Waals surface area (Å²) in [5, 5.41) is 2.00. The van der Waals surface area contributed by atoms with Crippen LogP contribution in [0.25, 0.3) is 0 Å². The Balaban J connectivity index is 2.59. The second kappa shape index (κ2) is 4.58. The van der Waals surface area contributed by atoms with Gasteiger partial charge in [-0.2, -0.15) is 0 Å². The van der Waals surface area contributed by atoms with Crippen LogP contribution in [0.5, 0.6) is 0 Å². The molecule has 1 rings (SSSR count). The minimum atomic E-state index is 1.26. The van der Waals surface area contributed by atoms with Gasteiger partial charge in [0, 0.05) is 4.90 Å². The fraction of sp³-hybridized carbons (Fsp3) is 0. The highest BCUT2D eigenvalue weighted by Gasteiger charge is 1.83. The number of halogens is 1. The van der Waals surface area contributed by atoms with E-state index in [1.54, 1.807) is 11.8 Å². The zero-order chi connectivity index (χ0) is 7.23. The van der Waals surface area contributed by atoms with Crippen LogP contribution in [0.4, 0.5) is 0 Å². The first-order chi connectivity index (χ1) is 4.93. The molecule has 1 aromatic rings. The van der Waals surface area contributed by atoms with Crippen LogP contribution in [0.2, 0.25) is 0 Å². The number of hydrogen-bond acceptors (Lipinski definition) is 1. The van der Waals surface area contributed by atoms with E-state index in [9.17, 15) is 0 Å². The summed E-state index contributed by atoms with van der Waals surface area (Å²) in [4.78, 5) is 3.11. The van der Waals surface area contributed by atoms with Gasteiger partial charge in [-0.15, -0.1) is 0 Å². The monoisotopic (exact) mass is 214 g/mol. The average Bonchev–Trinajstić information content (AvgIpc) is 2.03. The summed E-state index contributed by atoms with van der Waals surface area (Å²) < 4.78 is 0. The van der Waals surface area contributed by atoms with Crippen molar-refractivity contribution in [1.29, 1.82) is 0 Å². The molecule has 0 atom stereocenters. The molecule has 0 aliphatic rings. The average molecular weight is 215 g/mol. The normalized spacial score (nSPS) is 10.5. The van der Waals surface area contributed by atoms with E-state index >= 15 is 0 Å². The van der Waals surface area contributed by atoms with E-state index in [1.165, 1.54) is 4.90 Å². The van der Waals surface area contributed by atoms with Crippen molar-refractivity contribution in [3.8, 4) is 0 Å². The fourth-order valence-corrected chi connectivity index (χ4v) is 1.45. The lowest BCUT2D eigenvalue weighted by molar-refractivity contribution is 1.47. The lowest BCUT2D eigenvalue weighted by atomic mass is 10.4. The standard InChI is InChI=1S/C8H7BrS/c9-6-7-10-8-4-2-1-3-5-8/h1-7H/b7-6-. The van der Waals surface area contributed by atoms with E-state index in [4.69, 9.17) is 0 Å². The second-order valence-corrected chi connectivity index (χ2v) is 3.20. The summed E-state index contributed by atoms with van der Waals surface area (Å²) in [6.07, 6.45) is 0. The minimum absolute atomic E-state index is 1.26. The molecule has 0 spiro atoms. The lowest BCUT2D eigenvalue weighted by Crippen LogP contribution is -1.62. The molecule has 0 aromatic heterocycles. The summed E-state index contributed by atoms with van der Waals surface area (Å²) in [5.41, 5.74) is 0. The topological polar surface area (TPSA) is 0 Å². The Bertz CT molecular complexity index is 206. The quantitative estimate of drug-likeness (QED) is 0.678. The summed E-state index contributed by atoms with van der Waals surface area (Å²) >= 11 is 4.90. The third-order valence-electron chi connectivity index (χ3n) is 0.999. The Morgan fingerprint density at radius 2 is 1.90 bits per heavy atom. The van der Waals surface area contributed by atoms with Crippen molar-refractivity contribution in [2.75, 3.05) is 0 Å². The van der Waals surface area contributed by atoms with Crippen molar-refractivity contribution < 1.29 is 0 Å². The van der Waals surface area contributed by atoms with Gasteiger partial charge in [0.1, 0.15) is 0 Å². The molecule has 0 N–H and O–H groups in total. The summed E-state index contributed by atoms with van der Waals surface area (Å²) in [7, 11) is 0. The first kappa shape index (κ1) is 7.89. The van der Waals surface area contributed by atoms with Crippen LogP contribution in [0.1, 0.15) is 0 Å². The fourth-order valence-electron chi connectivity index (χ4n) is 0.603. The molecule has 10 heavy (non-hydrogen) atoms. The zero-order valence-electron chi connectivity index (χ0n) is 5.33. The van der Waals surface area contributed by atoms with Gasteiger partial charge in [-0.05, 0) is 22.5 Å². The Morgan fingerprint density at radius 1 is 1.20 bits per heavy atom. The van der Waals surface area contributed by atoms with Crippen LogP contribution in [0.3, 0.4) is 0 Å². The molecule has 2 heteroatoms. The highest BCUT2D eigenvalue weighted by Crippen LogP contribution is 2.18. The smallest absolute Gasteiger partial charge is 0.0116 e. The molecule has 0 fully saturated rings. The van der Waals surface area contributed by atoms with Gasteiger partial charge in [0.05, 0.1) is 0 Å². The van der Waals surface area contributed by atoms with Gasteiger partial charge in [-0.3, -0.25) is 0 Å². The molecule has 52 valence electrons. The summed E-state index contributed by atoms with van der Waals surface area (Å²) in [6, 6.07) is 10.2. The number of benzene rings is 1. The molecule has 0 unspecified atom stereocenters. The van der Waals surface area contributed by atoms with E-state index in [-0.39, 0.29) is 0 Å². The van der Waals surface area contributed by atoms with Crippen LogP contribution in [0.15, 0.2) is 45.6 Å². The third-order valence-corrected chi connectivity index (χ3v) is 2.43. The molecule has 0 amide bonds. The predicted octanol–water partition coefficient (Wildman–Crippen LogP) is 3.64. The minimum Gasteiger partial charge on any atom is -0.0975 e. The van der Waals surface area contributed by atoms with Crippen LogP contribution < -0.4 is 0 Å². The van der Waals surface area contributed by atoms with E-state index in [1.807, 2.05) is 28.6 Å². The Hall–Kier alpha value is -0.210. The van der Waals surface area contributed by atoms with Crippen molar-refractivity contribution >= 4 is 27.7 Å². The van der Waals surface area contributed by atoms with Gasteiger partial charge in [-0.1, -0.05) is 45.9 Å². The van der Waals surface area contributed by atoms with Gasteiger partial charge in [0.2, 0.25) is 0 Å². The van der Waals surface area contributed by atoms with E-state index in [0.29, 0.717) is 0 Å². The molecule has 0 aliphatic heterocycles. The third kappa shape index (κ3) is 2.58. The van der Waals surface area contributed by atoms with Gasteiger partial charge in [0.15, 0.2) is 0 Å². The lowest BCUT2D eigenvalue weighted by Gasteiger charge is -1.91. The Kier molecular flexibility index (Phi) is 3.62. The van der Waals surface area contributed by atoms with E-state index in [0.717, 1.165) is 0 Å². The van der Waals surface area contributed by atoms with Gasteiger partial charge >= 0.3 is 0 Å². The maximum Gasteiger partial charge on any atom is 0.0116 e. The maximum absolute atomic E-state index is 3.21. The number of rotatable bonds is 2. The number of thioether (sulfide) groups is 1. The molecule has 0 aliphatic carbocycles. The Labute approximate surface area is 73.5 Å². The SMILES string of the molecule is Br/C=C\Sc1ccccc1. The van der Waals surface area contributed by atoms with Crippen LogP contribution in [0, 0.1) is 0 Å². The highest BCUT2D eigenvalue weighted by atomic mass is 79.9. The van der Waals surface area contributed by atoms with Crippen molar-refractivity contribution in [3.05, 3.63) is 40.7 Å². The molecule has 0 radical (unpaired) electrons. The first-order valence-electron chi connectivity index (χ1n) is 2.90. The van der Waals surface area contributed by atoms with E-state index < -0.39 is 0 Å². The summed E-state index contributed by atoms with van der Waals surface area (Å²) in [6.45, 7) is 0. The van der Waals surface area contributed by atoms with Crippen molar-refractivity contribution in [3.63, 3.8) is 0 Å². The van der Waals surface area contributed by atoms with Gasteiger partial charge in [-0.25, -0.2) is 0 Å². The maximum atomic E-state index is 3.21. The molecular weight excluding hydrogens is 208 g/mol. The predicted molar refractivity (Wildman–Crippen MR) is 50.4 cm³/mol. The largest absolute Gasteiger partial charge is 0.0975 e. The zero-order valence-corrected chi connectivity index (χ0v) is 7.73. The first-order valence-corrected chi connectivity index (χ1v) is 4.70. The molecule has 0 heterocycles. The van der Waals surface area contributed by atoms with Crippen LogP contribution in [-0.2, 0) is 0 Å². The number of hydrogen-bond donors (Lipinski definition) is 0. The highest BCUT2D eigenvalue weighted by molar-refractivity contribution is 9.11. The molecule has 0 saturated heterocycles. The van der Waals surface area contributed by atoms with Crippen molar-refractivity contribution in [2.45, 2.75) is 4.90 Å². The van der Waals surface area contributed by atoms with Crippen LogP contribution >= 0.6 is 27.7 Å². The van der Waals surface area contributed by atoms with Gasteiger partial charge in [0.25, 0.3) is 0 Å². The summed E-state index contributed by atoms with van der Waals surface area (Å²) in [5.74, 6) is 0. The molecule has 0 bridgehead atoms. The van der Waals surface area contributed by atoms with Gasteiger partial charge < -0.3 is 0 Å². The molecule has 0 nitrogen and oxygen atoms in total. The van der Waals surface area contributed by atoms with Crippen molar-refractivity contribution in [2.24, 2.45) is 0 Å². The van der Waals surface area contributed by atoms with Crippen LogP contribution in [-0.4, -0.2) is 0 Å². The van der Waals surface area contributed by atoms with Crippen molar-refractivity contribution in [1.82, 2.24) is 0 Å².